The number of anilines is 2. The lowest BCUT2D eigenvalue weighted by Crippen LogP contribution is -2.29. The van der Waals surface area contributed by atoms with E-state index < -0.39 is 0 Å². The van der Waals surface area contributed by atoms with Crippen LogP contribution < -0.4 is 15.4 Å². The van der Waals surface area contributed by atoms with Gasteiger partial charge >= 0.3 is 0 Å². The maximum absolute atomic E-state index is 6.06. The number of rotatable bonds is 4. The lowest BCUT2D eigenvalue weighted by atomic mass is 9.99. The second-order valence-electron chi connectivity index (χ2n) is 4.86. The molecule has 0 amide bonds. The molecule has 2 N–H and O–H groups in total. The van der Waals surface area contributed by atoms with Crippen molar-refractivity contribution in [3.63, 3.8) is 0 Å². The minimum Gasteiger partial charge on any atom is -0.497 e. The summed E-state index contributed by atoms with van der Waals surface area (Å²) in [5.41, 5.74) is 7.90. The van der Waals surface area contributed by atoms with Gasteiger partial charge in [0.2, 0.25) is 0 Å². The molecule has 0 aliphatic carbocycles. The van der Waals surface area contributed by atoms with Crippen molar-refractivity contribution in [2.45, 2.75) is 12.8 Å². The van der Waals surface area contributed by atoms with Crippen molar-refractivity contribution in [1.82, 2.24) is 0 Å². The summed E-state index contributed by atoms with van der Waals surface area (Å²) in [4.78, 5) is 2.23. The van der Waals surface area contributed by atoms with E-state index in [2.05, 4.69) is 11.9 Å². The first kappa shape index (κ1) is 13.0. The average Bonchev–Trinajstić information content (AvgIpc) is 2.39. The number of hydrogen-bond donors (Lipinski definition) is 1. The summed E-state index contributed by atoms with van der Waals surface area (Å²) in [7, 11) is 3.74. The van der Waals surface area contributed by atoms with Crippen LogP contribution in [0.3, 0.4) is 0 Å². The van der Waals surface area contributed by atoms with Gasteiger partial charge in [0, 0.05) is 32.9 Å². The Morgan fingerprint density at radius 2 is 2.11 bits per heavy atom. The zero-order chi connectivity index (χ0) is 13.0. The quantitative estimate of drug-likeness (QED) is 0.832. The normalized spacial score (nSPS) is 16.6. The molecule has 0 atom stereocenters. The van der Waals surface area contributed by atoms with Crippen LogP contribution in [0.15, 0.2) is 18.2 Å². The Morgan fingerprint density at radius 1 is 1.39 bits per heavy atom. The molecule has 4 heteroatoms. The molecule has 18 heavy (non-hydrogen) atoms. The molecule has 0 aromatic heterocycles. The fourth-order valence-electron chi connectivity index (χ4n) is 2.42. The minimum absolute atomic E-state index is 0.699. The predicted molar refractivity (Wildman–Crippen MR) is 74.2 cm³/mol. The molecule has 1 heterocycles. The first-order valence-electron chi connectivity index (χ1n) is 6.43. The zero-order valence-corrected chi connectivity index (χ0v) is 11.2. The van der Waals surface area contributed by atoms with Crippen molar-refractivity contribution >= 4 is 11.4 Å². The highest BCUT2D eigenvalue weighted by Crippen LogP contribution is 2.28. The number of nitrogen functional groups attached to an aromatic ring is 1. The van der Waals surface area contributed by atoms with Crippen LogP contribution in [0.25, 0.3) is 0 Å². The molecule has 1 aliphatic rings. The van der Waals surface area contributed by atoms with Crippen molar-refractivity contribution in [2.24, 2.45) is 5.92 Å². The molecule has 1 aliphatic heterocycles. The number of benzene rings is 1. The monoisotopic (exact) mass is 250 g/mol. The molecular formula is C14H22N2O2. The Balaban J connectivity index is 2.01. The Morgan fingerprint density at radius 3 is 2.72 bits per heavy atom. The van der Waals surface area contributed by atoms with Crippen molar-refractivity contribution in [2.75, 3.05) is 44.5 Å². The van der Waals surface area contributed by atoms with Crippen LogP contribution >= 0.6 is 0 Å². The van der Waals surface area contributed by atoms with Crippen molar-refractivity contribution in [1.29, 1.82) is 0 Å². The zero-order valence-electron chi connectivity index (χ0n) is 11.2. The van der Waals surface area contributed by atoms with Crippen molar-refractivity contribution < 1.29 is 9.47 Å². The van der Waals surface area contributed by atoms with Crippen LogP contribution in [0.4, 0.5) is 11.4 Å². The van der Waals surface area contributed by atoms with E-state index in [0.717, 1.165) is 49.7 Å². The van der Waals surface area contributed by atoms with E-state index in [9.17, 15) is 0 Å². The van der Waals surface area contributed by atoms with Crippen molar-refractivity contribution in [3.05, 3.63) is 18.2 Å². The Kier molecular flexibility index (Phi) is 4.31. The molecule has 0 spiro atoms. The largest absolute Gasteiger partial charge is 0.497 e. The van der Waals surface area contributed by atoms with E-state index in [1.807, 2.05) is 18.2 Å². The third-order valence-electron chi connectivity index (χ3n) is 3.52. The van der Waals surface area contributed by atoms with E-state index in [-0.39, 0.29) is 0 Å². The van der Waals surface area contributed by atoms with Gasteiger partial charge in [0.25, 0.3) is 0 Å². The maximum atomic E-state index is 6.06. The summed E-state index contributed by atoms with van der Waals surface area (Å²) in [6.45, 7) is 2.80. The van der Waals surface area contributed by atoms with Gasteiger partial charge in [-0.25, -0.2) is 0 Å². The maximum Gasteiger partial charge on any atom is 0.121 e. The number of ether oxygens (including phenoxy) is 2. The van der Waals surface area contributed by atoms with Crippen LogP contribution in [0.1, 0.15) is 12.8 Å². The third kappa shape index (κ3) is 3.07. The Bertz CT molecular complexity index is 389. The average molecular weight is 250 g/mol. The van der Waals surface area contributed by atoms with Crippen LogP contribution in [-0.4, -0.2) is 33.9 Å². The second-order valence-corrected chi connectivity index (χ2v) is 4.86. The fourth-order valence-corrected chi connectivity index (χ4v) is 2.42. The predicted octanol–water partition coefficient (Wildman–Crippen LogP) is 2.14. The summed E-state index contributed by atoms with van der Waals surface area (Å²) in [5, 5.41) is 0. The lowest BCUT2D eigenvalue weighted by Gasteiger charge is -2.29. The van der Waals surface area contributed by atoms with Gasteiger partial charge in [-0.15, -0.1) is 0 Å². The van der Waals surface area contributed by atoms with Crippen LogP contribution in [0.2, 0.25) is 0 Å². The first-order chi connectivity index (χ1) is 8.70. The SMILES string of the molecule is COc1ccc(N(C)CC2CCOCC2)c(N)c1. The van der Waals surface area contributed by atoms with Crippen LogP contribution in [0, 0.1) is 5.92 Å². The van der Waals surface area contributed by atoms with Gasteiger partial charge in [0.1, 0.15) is 5.75 Å². The lowest BCUT2D eigenvalue weighted by molar-refractivity contribution is 0.0685. The summed E-state index contributed by atoms with van der Waals surface area (Å²) in [6.07, 6.45) is 2.28. The van der Waals surface area contributed by atoms with Crippen LogP contribution in [-0.2, 0) is 4.74 Å². The molecular weight excluding hydrogens is 228 g/mol. The Labute approximate surface area is 109 Å². The van der Waals surface area contributed by atoms with Gasteiger partial charge in [0.15, 0.2) is 0 Å². The number of hydrogen-bond acceptors (Lipinski definition) is 4. The molecule has 0 bridgehead atoms. The third-order valence-corrected chi connectivity index (χ3v) is 3.52. The summed E-state index contributed by atoms with van der Waals surface area (Å²) in [5.74, 6) is 1.50. The van der Waals surface area contributed by atoms with Gasteiger partial charge in [-0.1, -0.05) is 0 Å². The molecule has 1 fully saturated rings. The molecule has 1 saturated heterocycles. The molecule has 0 radical (unpaired) electrons. The highest BCUT2D eigenvalue weighted by atomic mass is 16.5. The first-order valence-corrected chi connectivity index (χ1v) is 6.43. The minimum atomic E-state index is 0.699. The van der Waals surface area contributed by atoms with E-state index in [0.29, 0.717) is 5.92 Å². The van der Waals surface area contributed by atoms with Gasteiger partial charge in [-0.05, 0) is 30.9 Å². The Hall–Kier alpha value is -1.42. The van der Waals surface area contributed by atoms with Gasteiger partial charge in [0.05, 0.1) is 18.5 Å². The topological polar surface area (TPSA) is 47.7 Å². The molecule has 1 aromatic carbocycles. The second kappa shape index (κ2) is 5.96. The summed E-state index contributed by atoms with van der Waals surface area (Å²) in [6, 6.07) is 5.84. The van der Waals surface area contributed by atoms with Crippen molar-refractivity contribution in [3.8, 4) is 5.75 Å². The number of nitrogens with zero attached hydrogens (tertiary/aromatic N) is 1. The van der Waals surface area contributed by atoms with E-state index >= 15 is 0 Å². The fraction of sp³-hybridized carbons (Fsp3) is 0.571. The van der Waals surface area contributed by atoms with Crippen LogP contribution in [0.5, 0.6) is 5.75 Å². The van der Waals surface area contributed by atoms with Gasteiger partial charge in [-0.3, -0.25) is 0 Å². The molecule has 1 aromatic rings. The summed E-state index contributed by atoms with van der Waals surface area (Å²) >= 11 is 0. The molecule has 100 valence electrons. The summed E-state index contributed by atoms with van der Waals surface area (Å²) < 4.78 is 10.5. The smallest absolute Gasteiger partial charge is 0.121 e. The number of methoxy groups -OCH3 is 1. The number of nitrogens with two attached hydrogens (primary N) is 1. The molecule has 0 unspecified atom stereocenters. The van der Waals surface area contributed by atoms with E-state index in [1.165, 1.54) is 0 Å². The van der Waals surface area contributed by atoms with Gasteiger partial charge < -0.3 is 20.1 Å². The standard InChI is InChI=1S/C14H22N2O2/c1-16(10-11-5-7-18-8-6-11)14-4-3-12(17-2)9-13(14)15/h3-4,9,11H,5-8,10,15H2,1-2H3. The molecule has 4 nitrogen and oxygen atoms in total. The molecule has 2 rings (SSSR count). The highest BCUT2D eigenvalue weighted by Gasteiger charge is 2.17. The highest BCUT2D eigenvalue weighted by molar-refractivity contribution is 5.69. The van der Waals surface area contributed by atoms with E-state index in [4.69, 9.17) is 15.2 Å². The molecule has 0 saturated carbocycles. The van der Waals surface area contributed by atoms with Gasteiger partial charge in [-0.2, -0.15) is 0 Å². The van der Waals surface area contributed by atoms with E-state index in [1.54, 1.807) is 7.11 Å².